The van der Waals surface area contributed by atoms with Crippen LogP contribution in [-0.2, 0) is 15.1 Å². The minimum Gasteiger partial charge on any atom is -0.547 e. The van der Waals surface area contributed by atoms with Crippen molar-refractivity contribution in [1.82, 2.24) is 0 Å². The molecule has 4 heteroatoms. The zero-order valence-electron chi connectivity index (χ0n) is 8.19. The number of ether oxygens (including phenoxy) is 1. The first kappa shape index (κ1) is 11.7. The summed E-state index contributed by atoms with van der Waals surface area (Å²) in [5, 5.41) is 10.5. The molecule has 1 aromatic carbocycles. The van der Waals surface area contributed by atoms with Crippen molar-refractivity contribution in [2.75, 3.05) is 0 Å². The van der Waals surface area contributed by atoms with E-state index >= 15 is 0 Å². The number of aliphatic carboxylic acids is 1. The summed E-state index contributed by atoms with van der Waals surface area (Å²) in [5.41, 5.74) is 0.198. The van der Waals surface area contributed by atoms with Crippen LogP contribution < -0.4 is 34.7 Å². The van der Waals surface area contributed by atoms with Crippen molar-refractivity contribution in [2.45, 2.75) is 18.6 Å². The summed E-state index contributed by atoms with van der Waals surface area (Å²) in [6.45, 7) is 1.75. The Labute approximate surface area is 104 Å². The van der Waals surface area contributed by atoms with Crippen LogP contribution in [0.15, 0.2) is 30.3 Å². The Morgan fingerprint density at radius 3 is 2.43 bits per heavy atom. The van der Waals surface area contributed by atoms with Crippen LogP contribution in [0.2, 0.25) is 0 Å². The fraction of sp³-hybridized carbons (Fsp3) is 0.300. The summed E-state index contributed by atoms with van der Waals surface area (Å²) < 4.78 is 5.09. The maximum atomic E-state index is 10.5. The molecule has 2 atom stereocenters. The molecule has 0 saturated carbocycles. The molecule has 68 valence electrons. The quantitative estimate of drug-likeness (QED) is 0.379. The van der Waals surface area contributed by atoms with E-state index in [0.29, 0.717) is 0 Å². The summed E-state index contributed by atoms with van der Waals surface area (Å²) in [4.78, 5) is 10.5. The van der Waals surface area contributed by atoms with Crippen LogP contribution in [-0.4, -0.2) is 12.1 Å². The predicted molar refractivity (Wildman–Crippen MR) is 43.7 cm³/mol. The second-order valence-electron chi connectivity index (χ2n) is 3.29. The Balaban J connectivity index is 0.000000980. The Hall–Kier alpha value is -0.350. The van der Waals surface area contributed by atoms with Gasteiger partial charge in [-0.25, -0.2) is 0 Å². The molecule has 0 amide bonds. The first-order valence-electron chi connectivity index (χ1n) is 4.09. The molecule has 1 aromatic rings. The van der Waals surface area contributed by atoms with E-state index in [4.69, 9.17) is 4.74 Å². The van der Waals surface area contributed by atoms with Crippen molar-refractivity contribution in [2.24, 2.45) is 0 Å². The topological polar surface area (TPSA) is 52.7 Å². The molecular formula is C10H9NaO3. The molecule has 0 spiro atoms. The summed E-state index contributed by atoms with van der Waals surface area (Å²) >= 11 is 0. The second kappa shape index (κ2) is 4.03. The van der Waals surface area contributed by atoms with E-state index in [1.54, 1.807) is 6.92 Å². The summed E-state index contributed by atoms with van der Waals surface area (Å²) in [6, 6.07) is 9.29. The number of hydrogen-bond donors (Lipinski definition) is 0. The van der Waals surface area contributed by atoms with E-state index in [2.05, 4.69) is 0 Å². The Kier molecular flexibility index (Phi) is 3.37. The normalized spacial score (nSPS) is 29.1. The van der Waals surface area contributed by atoms with Gasteiger partial charge in [0.25, 0.3) is 0 Å². The van der Waals surface area contributed by atoms with Crippen molar-refractivity contribution in [3.8, 4) is 0 Å². The van der Waals surface area contributed by atoms with E-state index in [-0.39, 0.29) is 29.6 Å². The molecule has 1 aliphatic heterocycles. The van der Waals surface area contributed by atoms with Gasteiger partial charge in [0.05, 0.1) is 5.97 Å². The SMILES string of the molecule is CC1(c2ccccc2)OC1C(=O)[O-].[Na+]. The number of carbonyl (C=O) groups is 1. The molecule has 1 saturated heterocycles. The molecular weight excluding hydrogens is 191 g/mol. The number of carboxylic acids is 1. The minimum absolute atomic E-state index is 0. The van der Waals surface area contributed by atoms with E-state index in [9.17, 15) is 9.90 Å². The van der Waals surface area contributed by atoms with Gasteiger partial charge in [-0.15, -0.1) is 0 Å². The zero-order chi connectivity index (χ0) is 9.47. The molecule has 0 bridgehead atoms. The smallest absolute Gasteiger partial charge is 0.547 e. The summed E-state index contributed by atoms with van der Waals surface area (Å²) in [6.07, 6.45) is -0.796. The van der Waals surface area contributed by atoms with Gasteiger partial charge in [-0.3, -0.25) is 0 Å². The average molecular weight is 200 g/mol. The number of epoxide rings is 1. The third kappa shape index (κ3) is 1.86. The zero-order valence-corrected chi connectivity index (χ0v) is 10.2. The van der Waals surface area contributed by atoms with Gasteiger partial charge in [-0.2, -0.15) is 0 Å². The fourth-order valence-corrected chi connectivity index (χ4v) is 1.47. The molecule has 2 rings (SSSR count). The number of carboxylic acid groups (broad SMARTS) is 1. The average Bonchev–Trinajstić information content (AvgIpc) is 2.82. The molecule has 1 aliphatic rings. The van der Waals surface area contributed by atoms with Crippen LogP contribution in [0.1, 0.15) is 12.5 Å². The van der Waals surface area contributed by atoms with Gasteiger partial charge >= 0.3 is 29.6 Å². The molecule has 0 aromatic heterocycles. The van der Waals surface area contributed by atoms with E-state index < -0.39 is 17.7 Å². The second-order valence-corrected chi connectivity index (χ2v) is 3.29. The van der Waals surface area contributed by atoms with Gasteiger partial charge in [0.1, 0.15) is 11.7 Å². The summed E-state index contributed by atoms with van der Waals surface area (Å²) in [7, 11) is 0. The van der Waals surface area contributed by atoms with Gasteiger partial charge in [0.15, 0.2) is 0 Å². The van der Waals surface area contributed by atoms with E-state index in [1.807, 2.05) is 30.3 Å². The third-order valence-corrected chi connectivity index (χ3v) is 2.37. The largest absolute Gasteiger partial charge is 1.00 e. The van der Waals surface area contributed by atoms with Gasteiger partial charge in [-0.1, -0.05) is 30.3 Å². The molecule has 0 N–H and O–H groups in total. The van der Waals surface area contributed by atoms with Crippen molar-refractivity contribution in [3.05, 3.63) is 35.9 Å². The van der Waals surface area contributed by atoms with Crippen molar-refractivity contribution in [3.63, 3.8) is 0 Å². The van der Waals surface area contributed by atoms with E-state index in [0.717, 1.165) is 5.56 Å². The van der Waals surface area contributed by atoms with Crippen molar-refractivity contribution >= 4 is 5.97 Å². The van der Waals surface area contributed by atoms with Crippen LogP contribution in [0.25, 0.3) is 0 Å². The Morgan fingerprint density at radius 2 is 2.00 bits per heavy atom. The molecule has 14 heavy (non-hydrogen) atoms. The fourth-order valence-electron chi connectivity index (χ4n) is 1.47. The van der Waals surface area contributed by atoms with Crippen molar-refractivity contribution in [1.29, 1.82) is 0 Å². The van der Waals surface area contributed by atoms with Crippen LogP contribution >= 0.6 is 0 Å². The molecule has 1 heterocycles. The number of carbonyl (C=O) groups excluding carboxylic acids is 1. The minimum atomic E-state index is -1.15. The number of hydrogen-bond acceptors (Lipinski definition) is 3. The third-order valence-electron chi connectivity index (χ3n) is 2.37. The van der Waals surface area contributed by atoms with Crippen LogP contribution in [0.4, 0.5) is 0 Å². The van der Waals surface area contributed by atoms with Crippen LogP contribution in [0.3, 0.4) is 0 Å². The Morgan fingerprint density at radius 1 is 1.43 bits per heavy atom. The molecule has 1 fully saturated rings. The van der Waals surface area contributed by atoms with Crippen LogP contribution in [0.5, 0.6) is 0 Å². The Bertz CT molecular complexity index is 338. The maximum absolute atomic E-state index is 10.5. The molecule has 3 nitrogen and oxygen atoms in total. The first-order chi connectivity index (χ1) is 6.14. The predicted octanol–water partition coefficient (Wildman–Crippen LogP) is -2.95. The molecule has 0 aliphatic carbocycles. The summed E-state index contributed by atoms with van der Waals surface area (Å²) in [5.74, 6) is -1.15. The van der Waals surface area contributed by atoms with Crippen LogP contribution in [0, 0.1) is 0 Å². The van der Waals surface area contributed by atoms with Crippen molar-refractivity contribution < 1.29 is 44.2 Å². The monoisotopic (exact) mass is 200 g/mol. The van der Waals surface area contributed by atoms with Gasteiger partial charge in [-0.05, 0) is 12.5 Å². The molecule has 2 unspecified atom stereocenters. The first-order valence-corrected chi connectivity index (χ1v) is 4.09. The van der Waals surface area contributed by atoms with Gasteiger partial charge in [0, 0.05) is 0 Å². The standard InChI is InChI=1S/C10H10O3.Na/c1-10(8(13-10)9(11)12)7-5-3-2-4-6-7;/h2-6,8H,1H3,(H,11,12);/q;+1/p-1. The van der Waals surface area contributed by atoms with E-state index in [1.165, 1.54) is 0 Å². The number of benzene rings is 1. The maximum Gasteiger partial charge on any atom is 1.00 e. The van der Waals surface area contributed by atoms with Gasteiger partial charge < -0.3 is 14.6 Å². The number of rotatable bonds is 2. The molecule has 0 radical (unpaired) electrons. The van der Waals surface area contributed by atoms with Gasteiger partial charge in [0.2, 0.25) is 0 Å².